The maximum absolute atomic E-state index is 12.8. The Hall–Kier alpha value is -1.09. The first-order chi connectivity index (χ1) is 5.16. The molecular formula is C8H11FN2. The monoisotopic (exact) mass is 154 g/mol. The molecule has 11 heavy (non-hydrogen) atoms. The average molecular weight is 154 g/mol. The molecular weight excluding hydrogens is 143 g/mol. The number of rotatable bonds is 1. The first kappa shape index (κ1) is 8.01. The Labute approximate surface area is 65.2 Å². The fourth-order valence-electron chi connectivity index (χ4n) is 0.944. The SMILES string of the molecule is Cc1c(F)ccc(NN)c1C. The van der Waals surface area contributed by atoms with Gasteiger partial charge >= 0.3 is 0 Å². The molecule has 0 fully saturated rings. The molecule has 2 nitrogen and oxygen atoms in total. The van der Waals surface area contributed by atoms with Gasteiger partial charge in [-0.1, -0.05) is 0 Å². The summed E-state index contributed by atoms with van der Waals surface area (Å²) in [5.41, 5.74) is 4.76. The summed E-state index contributed by atoms with van der Waals surface area (Å²) >= 11 is 0. The Morgan fingerprint density at radius 2 is 1.91 bits per heavy atom. The molecule has 1 aromatic carbocycles. The second-order valence-corrected chi connectivity index (χ2v) is 2.49. The van der Waals surface area contributed by atoms with Gasteiger partial charge in [-0.25, -0.2) is 4.39 Å². The van der Waals surface area contributed by atoms with Crippen molar-refractivity contribution in [3.63, 3.8) is 0 Å². The fourth-order valence-corrected chi connectivity index (χ4v) is 0.944. The molecule has 0 saturated carbocycles. The zero-order valence-corrected chi connectivity index (χ0v) is 6.61. The topological polar surface area (TPSA) is 38.0 Å². The van der Waals surface area contributed by atoms with Crippen LogP contribution in [0.4, 0.5) is 10.1 Å². The number of hydrogen-bond acceptors (Lipinski definition) is 2. The molecule has 0 aliphatic heterocycles. The number of nitrogens with two attached hydrogens (primary N) is 1. The van der Waals surface area contributed by atoms with E-state index in [0.29, 0.717) is 5.56 Å². The largest absolute Gasteiger partial charge is 0.324 e. The van der Waals surface area contributed by atoms with E-state index in [9.17, 15) is 4.39 Å². The first-order valence-corrected chi connectivity index (χ1v) is 3.39. The van der Waals surface area contributed by atoms with Crippen LogP contribution in [0.3, 0.4) is 0 Å². The number of anilines is 1. The van der Waals surface area contributed by atoms with Crippen LogP contribution in [-0.2, 0) is 0 Å². The van der Waals surface area contributed by atoms with E-state index < -0.39 is 0 Å². The van der Waals surface area contributed by atoms with Crippen molar-refractivity contribution in [2.24, 2.45) is 5.84 Å². The van der Waals surface area contributed by atoms with Crippen LogP contribution >= 0.6 is 0 Å². The van der Waals surface area contributed by atoms with Crippen molar-refractivity contribution in [1.29, 1.82) is 0 Å². The van der Waals surface area contributed by atoms with Crippen LogP contribution < -0.4 is 11.3 Å². The third-order valence-electron chi connectivity index (χ3n) is 1.88. The highest BCUT2D eigenvalue weighted by atomic mass is 19.1. The minimum Gasteiger partial charge on any atom is -0.324 e. The molecule has 0 saturated heterocycles. The van der Waals surface area contributed by atoms with Gasteiger partial charge in [-0.2, -0.15) is 0 Å². The van der Waals surface area contributed by atoms with Crippen molar-refractivity contribution >= 4 is 5.69 Å². The molecule has 0 aliphatic carbocycles. The van der Waals surface area contributed by atoms with Gasteiger partial charge in [0, 0.05) is 0 Å². The maximum Gasteiger partial charge on any atom is 0.126 e. The number of hydrogen-bond donors (Lipinski definition) is 2. The normalized spacial score (nSPS) is 9.82. The van der Waals surface area contributed by atoms with Crippen LogP contribution in [0.5, 0.6) is 0 Å². The number of nitrogens with one attached hydrogen (secondary N) is 1. The molecule has 1 rings (SSSR count). The van der Waals surface area contributed by atoms with Gasteiger partial charge in [-0.05, 0) is 37.1 Å². The second-order valence-electron chi connectivity index (χ2n) is 2.49. The number of hydrazine groups is 1. The third-order valence-corrected chi connectivity index (χ3v) is 1.88. The molecule has 0 aliphatic rings. The molecule has 0 bridgehead atoms. The molecule has 0 unspecified atom stereocenters. The summed E-state index contributed by atoms with van der Waals surface area (Å²) in [6, 6.07) is 3.02. The minimum absolute atomic E-state index is 0.193. The van der Waals surface area contributed by atoms with Crippen LogP contribution in [0.15, 0.2) is 12.1 Å². The Balaban J connectivity index is 3.25. The highest BCUT2D eigenvalue weighted by molar-refractivity contribution is 5.53. The van der Waals surface area contributed by atoms with E-state index in [2.05, 4.69) is 5.43 Å². The van der Waals surface area contributed by atoms with E-state index in [4.69, 9.17) is 5.84 Å². The highest BCUT2D eigenvalue weighted by Gasteiger charge is 2.03. The van der Waals surface area contributed by atoms with Crippen molar-refractivity contribution in [2.45, 2.75) is 13.8 Å². The van der Waals surface area contributed by atoms with Crippen LogP contribution in [0.1, 0.15) is 11.1 Å². The van der Waals surface area contributed by atoms with Crippen molar-refractivity contribution in [3.8, 4) is 0 Å². The van der Waals surface area contributed by atoms with E-state index in [1.54, 1.807) is 13.0 Å². The summed E-state index contributed by atoms with van der Waals surface area (Å²) in [5, 5.41) is 0. The maximum atomic E-state index is 12.8. The summed E-state index contributed by atoms with van der Waals surface area (Å²) in [6.07, 6.45) is 0. The van der Waals surface area contributed by atoms with Gasteiger partial charge < -0.3 is 5.43 Å². The fraction of sp³-hybridized carbons (Fsp3) is 0.250. The smallest absolute Gasteiger partial charge is 0.126 e. The average Bonchev–Trinajstić information content (AvgIpc) is 2.01. The molecule has 0 spiro atoms. The standard InChI is InChI=1S/C8H11FN2/c1-5-6(2)8(11-10)4-3-7(5)9/h3-4,11H,10H2,1-2H3. The van der Waals surface area contributed by atoms with E-state index in [0.717, 1.165) is 11.3 Å². The molecule has 0 heterocycles. The summed E-state index contributed by atoms with van der Waals surface area (Å²) in [6.45, 7) is 3.55. The predicted octanol–water partition coefficient (Wildman–Crippen LogP) is 1.73. The zero-order chi connectivity index (χ0) is 8.43. The van der Waals surface area contributed by atoms with Crippen LogP contribution in [0.2, 0.25) is 0 Å². The lowest BCUT2D eigenvalue weighted by atomic mass is 10.1. The molecule has 0 aromatic heterocycles. The Bertz CT molecular complexity index is 271. The lowest BCUT2D eigenvalue weighted by Gasteiger charge is -2.07. The van der Waals surface area contributed by atoms with Crippen molar-refractivity contribution in [2.75, 3.05) is 5.43 Å². The Morgan fingerprint density at radius 1 is 1.27 bits per heavy atom. The molecule has 0 atom stereocenters. The second kappa shape index (κ2) is 2.88. The van der Waals surface area contributed by atoms with Crippen molar-refractivity contribution in [3.05, 3.63) is 29.1 Å². The van der Waals surface area contributed by atoms with Gasteiger partial charge in [0.2, 0.25) is 0 Å². The lowest BCUT2D eigenvalue weighted by Crippen LogP contribution is -2.09. The summed E-state index contributed by atoms with van der Waals surface area (Å²) < 4.78 is 12.8. The van der Waals surface area contributed by atoms with E-state index >= 15 is 0 Å². The lowest BCUT2D eigenvalue weighted by molar-refractivity contribution is 0.617. The van der Waals surface area contributed by atoms with Gasteiger partial charge in [0.15, 0.2) is 0 Å². The first-order valence-electron chi connectivity index (χ1n) is 3.39. The van der Waals surface area contributed by atoms with E-state index in [-0.39, 0.29) is 5.82 Å². The Morgan fingerprint density at radius 3 is 2.45 bits per heavy atom. The highest BCUT2D eigenvalue weighted by Crippen LogP contribution is 2.19. The van der Waals surface area contributed by atoms with Crippen LogP contribution in [0, 0.1) is 19.7 Å². The van der Waals surface area contributed by atoms with E-state index in [1.807, 2.05) is 6.92 Å². The number of benzene rings is 1. The van der Waals surface area contributed by atoms with Gasteiger partial charge in [-0.3, -0.25) is 5.84 Å². The van der Waals surface area contributed by atoms with Gasteiger partial charge in [-0.15, -0.1) is 0 Å². The summed E-state index contributed by atoms with van der Waals surface area (Å²) in [4.78, 5) is 0. The molecule has 60 valence electrons. The molecule has 1 aromatic rings. The number of halogens is 1. The van der Waals surface area contributed by atoms with Gasteiger partial charge in [0.1, 0.15) is 5.82 Å². The minimum atomic E-state index is -0.193. The zero-order valence-electron chi connectivity index (χ0n) is 6.61. The summed E-state index contributed by atoms with van der Waals surface area (Å²) in [5.74, 6) is 5.00. The molecule has 3 N–H and O–H groups in total. The quantitative estimate of drug-likeness (QED) is 0.477. The molecule has 0 radical (unpaired) electrons. The van der Waals surface area contributed by atoms with Crippen LogP contribution in [0.25, 0.3) is 0 Å². The predicted molar refractivity (Wildman–Crippen MR) is 43.7 cm³/mol. The third kappa shape index (κ3) is 1.33. The molecule has 0 amide bonds. The number of nitrogen functional groups attached to an aromatic ring is 1. The van der Waals surface area contributed by atoms with Gasteiger partial charge in [0.05, 0.1) is 5.69 Å². The Kier molecular flexibility index (Phi) is 2.10. The van der Waals surface area contributed by atoms with Crippen LogP contribution in [-0.4, -0.2) is 0 Å². The van der Waals surface area contributed by atoms with E-state index in [1.165, 1.54) is 6.07 Å². The van der Waals surface area contributed by atoms with Crippen molar-refractivity contribution in [1.82, 2.24) is 0 Å². The van der Waals surface area contributed by atoms with Gasteiger partial charge in [0.25, 0.3) is 0 Å². The molecule has 3 heteroatoms. The summed E-state index contributed by atoms with van der Waals surface area (Å²) in [7, 11) is 0. The van der Waals surface area contributed by atoms with Crippen molar-refractivity contribution < 1.29 is 4.39 Å².